The summed E-state index contributed by atoms with van der Waals surface area (Å²) >= 11 is 0. The number of nitrogens with one attached hydrogen (secondary N) is 3. The number of carbonyl (C=O) groups excluding carboxylic acids is 2. The number of amides is 2. The molecule has 29 heavy (non-hydrogen) atoms. The van der Waals surface area contributed by atoms with Crippen LogP contribution in [0.3, 0.4) is 0 Å². The predicted molar refractivity (Wildman–Crippen MR) is 106 cm³/mol. The molecular formula is C20H27N5O4. The van der Waals surface area contributed by atoms with Crippen LogP contribution in [0.2, 0.25) is 0 Å². The normalized spacial score (nSPS) is 21.7. The number of carbonyl (C=O) groups is 2. The van der Waals surface area contributed by atoms with Crippen LogP contribution in [0.25, 0.3) is 0 Å². The summed E-state index contributed by atoms with van der Waals surface area (Å²) in [6.45, 7) is 6.26. The van der Waals surface area contributed by atoms with Crippen molar-refractivity contribution in [2.24, 2.45) is 5.92 Å². The molecule has 156 valence electrons. The van der Waals surface area contributed by atoms with Crippen LogP contribution in [0.5, 0.6) is 0 Å². The van der Waals surface area contributed by atoms with Gasteiger partial charge in [0.1, 0.15) is 0 Å². The molecule has 0 aliphatic heterocycles. The maximum absolute atomic E-state index is 12.5. The summed E-state index contributed by atoms with van der Waals surface area (Å²) < 4.78 is 1.95. The van der Waals surface area contributed by atoms with Crippen molar-refractivity contribution < 1.29 is 14.7 Å². The monoisotopic (exact) mass is 401 g/mol. The second-order valence-corrected chi connectivity index (χ2v) is 8.41. The number of hydrogen-bond acceptors (Lipinski definition) is 5. The average molecular weight is 401 g/mol. The Morgan fingerprint density at radius 3 is 2.76 bits per heavy atom. The first-order chi connectivity index (χ1) is 13.6. The second kappa shape index (κ2) is 8.20. The molecule has 3 rings (SSSR count). The summed E-state index contributed by atoms with van der Waals surface area (Å²) in [5, 5.41) is 15.9. The van der Waals surface area contributed by atoms with E-state index in [0.717, 1.165) is 0 Å². The Kier molecular flexibility index (Phi) is 5.88. The van der Waals surface area contributed by atoms with Crippen LogP contribution in [0.15, 0.2) is 35.6 Å². The summed E-state index contributed by atoms with van der Waals surface area (Å²) in [4.78, 5) is 42.6. The lowest BCUT2D eigenvalue weighted by molar-refractivity contribution is -0.125. The van der Waals surface area contributed by atoms with Crippen molar-refractivity contribution in [1.29, 1.82) is 0 Å². The largest absolute Gasteiger partial charge is 0.391 e. The molecule has 1 aliphatic rings. The van der Waals surface area contributed by atoms with Crippen LogP contribution in [-0.2, 0) is 16.9 Å². The number of aliphatic hydroxyl groups is 1. The summed E-state index contributed by atoms with van der Waals surface area (Å²) in [5.74, 6) is -0.927. The van der Waals surface area contributed by atoms with Gasteiger partial charge in [-0.15, -0.1) is 0 Å². The van der Waals surface area contributed by atoms with Gasteiger partial charge in [-0.3, -0.25) is 14.4 Å². The zero-order valence-corrected chi connectivity index (χ0v) is 16.8. The van der Waals surface area contributed by atoms with Gasteiger partial charge in [-0.05, 0) is 39.7 Å². The third-order valence-electron chi connectivity index (χ3n) is 5.12. The Morgan fingerprint density at radius 2 is 2.10 bits per heavy atom. The number of hydrogen-bond donors (Lipinski definition) is 4. The van der Waals surface area contributed by atoms with Gasteiger partial charge in [-0.2, -0.15) is 0 Å². The smallest absolute Gasteiger partial charge is 0.253 e. The van der Waals surface area contributed by atoms with Gasteiger partial charge < -0.3 is 25.3 Å². The number of aromatic nitrogens is 3. The topological polar surface area (TPSA) is 129 Å². The molecule has 0 spiro atoms. The van der Waals surface area contributed by atoms with Crippen molar-refractivity contribution >= 4 is 11.8 Å². The number of aromatic amines is 1. The van der Waals surface area contributed by atoms with Crippen LogP contribution in [0, 0.1) is 5.92 Å². The average Bonchev–Trinajstić information content (AvgIpc) is 3.27. The van der Waals surface area contributed by atoms with E-state index in [9.17, 15) is 19.5 Å². The van der Waals surface area contributed by atoms with Gasteiger partial charge in [-0.1, -0.05) is 0 Å². The first kappa shape index (κ1) is 20.8. The molecule has 1 saturated carbocycles. The quantitative estimate of drug-likeness (QED) is 0.580. The molecule has 3 atom stereocenters. The third kappa shape index (κ3) is 5.11. The summed E-state index contributed by atoms with van der Waals surface area (Å²) in [7, 11) is 0. The van der Waals surface area contributed by atoms with Gasteiger partial charge in [0.05, 0.1) is 36.3 Å². The zero-order chi connectivity index (χ0) is 21.2. The Hall–Kier alpha value is -2.94. The molecule has 9 nitrogen and oxygen atoms in total. The van der Waals surface area contributed by atoms with Crippen LogP contribution in [-0.4, -0.2) is 43.6 Å². The van der Waals surface area contributed by atoms with Gasteiger partial charge >= 0.3 is 0 Å². The van der Waals surface area contributed by atoms with Crippen LogP contribution < -0.4 is 16.2 Å². The van der Waals surface area contributed by atoms with Gasteiger partial charge in [0.15, 0.2) is 0 Å². The molecule has 0 bridgehead atoms. The molecule has 2 heterocycles. The number of rotatable bonds is 5. The Morgan fingerprint density at radius 1 is 1.34 bits per heavy atom. The lowest BCUT2D eigenvalue weighted by Gasteiger charge is -2.21. The highest BCUT2D eigenvalue weighted by atomic mass is 16.3. The first-order valence-corrected chi connectivity index (χ1v) is 9.62. The molecule has 0 unspecified atom stereocenters. The SMILES string of the molecule is CC(C)(C)n1ccc(C(=O)N[C@H]2C[C@H](C(=O)NCc3cc(=O)[nH]cn3)C[C@@H]2O)c1. The van der Waals surface area contributed by atoms with E-state index in [-0.39, 0.29) is 35.9 Å². The molecule has 9 heteroatoms. The molecule has 0 aromatic carbocycles. The van der Waals surface area contributed by atoms with Crippen molar-refractivity contribution in [3.63, 3.8) is 0 Å². The summed E-state index contributed by atoms with van der Waals surface area (Å²) in [5.41, 5.74) is 0.547. The van der Waals surface area contributed by atoms with E-state index in [2.05, 4.69) is 20.6 Å². The van der Waals surface area contributed by atoms with Gasteiger partial charge in [0.2, 0.25) is 5.91 Å². The van der Waals surface area contributed by atoms with Gasteiger partial charge in [0.25, 0.3) is 11.5 Å². The van der Waals surface area contributed by atoms with E-state index in [1.54, 1.807) is 12.3 Å². The molecular weight excluding hydrogens is 374 g/mol. The van der Waals surface area contributed by atoms with E-state index in [4.69, 9.17) is 0 Å². The highest BCUT2D eigenvalue weighted by molar-refractivity contribution is 5.94. The Bertz CT molecular complexity index is 943. The molecule has 2 aromatic heterocycles. The highest BCUT2D eigenvalue weighted by Gasteiger charge is 2.37. The third-order valence-corrected chi connectivity index (χ3v) is 5.12. The van der Waals surface area contributed by atoms with Crippen molar-refractivity contribution in [2.75, 3.05) is 0 Å². The van der Waals surface area contributed by atoms with Crippen molar-refractivity contribution in [2.45, 2.75) is 57.8 Å². The van der Waals surface area contributed by atoms with Crippen LogP contribution in [0.1, 0.15) is 49.7 Å². The van der Waals surface area contributed by atoms with E-state index < -0.39 is 18.1 Å². The molecule has 0 radical (unpaired) electrons. The highest BCUT2D eigenvalue weighted by Crippen LogP contribution is 2.27. The van der Waals surface area contributed by atoms with Gasteiger partial charge in [0, 0.05) is 29.9 Å². The maximum Gasteiger partial charge on any atom is 0.253 e. The van der Waals surface area contributed by atoms with E-state index in [0.29, 0.717) is 17.7 Å². The molecule has 2 amide bonds. The standard InChI is InChI=1S/C20H27N5O4/c1-20(2,3)25-5-4-12(10-25)19(29)24-15-6-13(7-16(15)26)18(28)21-9-14-8-17(27)23-11-22-14/h4-5,8,10-11,13,15-16,26H,6-7,9H2,1-3H3,(H,21,28)(H,24,29)(H,22,23,27)/t13-,15-,16-/m0/s1. The molecule has 0 saturated heterocycles. The Balaban J connectivity index is 1.54. The minimum Gasteiger partial charge on any atom is -0.391 e. The van der Waals surface area contributed by atoms with E-state index >= 15 is 0 Å². The molecule has 2 aromatic rings. The van der Waals surface area contributed by atoms with Crippen molar-refractivity contribution in [3.05, 3.63) is 52.5 Å². The van der Waals surface area contributed by atoms with Crippen LogP contribution in [0.4, 0.5) is 0 Å². The Labute approximate surface area is 168 Å². The fraction of sp³-hybridized carbons (Fsp3) is 0.500. The van der Waals surface area contributed by atoms with Crippen molar-refractivity contribution in [3.8, 4) is 0 Å². The van der Waals surface area contributed by atoms with E-state index in [1.807, 2.05) is 31.5 Å². The molecule has 1 aliphatic carbocycles. The predicted octanol–water partition coefficient (Wildman–Crippen LogP) is 0.512. The lowest BCUT2D eigenvalue weighted by Crippen LogP contribution is -2.40. The van der Waals surface area contributed by atoms with E-state index in [1.165, 1.54) is 12.4 Å². The second-order valence-electron chi connectivity index (χ2n) is 8.41. The van der Waals surface area contributed by atoms with Gasteiger partial charge in [-0.25, -0.2) is 4.98 Å². The lowest BCUT2D eigenvalue weighted by atomic mass is 10.1. The molecule has 4 N–H and O–H groups in total. The summed E-state index contributed by atoms with van der Waals surface area (Å²) in [6, 6.07) is 2.56. The maximum atomic E-state index is 12.5. The number of aliphatic hydroxyl groups excluding tert-OH is 1. The summed E-state index contributed by atoms with van der Waals surface area (Å²) in [6.07, 6.45) is 4.72. The fourth-order valence-corrected chi connectivity index (χ4v) is 3.41. The minimum absolute atomic E-state index is 0.132. The zero-order valence-electron chi connectivity index (χ0n) is 16.8. The first-order valence-electron chi connectivity index (χ1n) is 9.62. The van der Waals surface area contributed by atoms with Crippen LogP contribution >= 0.6 is 0 Å². The number of H-pyrrole nitrogens is 1. The minimum atomic E-state index is -0.794. The van der Waals surface area contributed by atoms with Crippen molar-refractivity contribution in [1.82, 2.24) is 25.2 Å². The number of nitrogens with zero attached hydrogens (tertiary/aromatic N) is 2. The fourth-order valence-electron chi connectivity index (χ4n) is 3.41. The molecule has 1 fully saturated rings.